The number of carbonyl (C=O) groups excluding carboxylic acids is 1. The van der Waals surface area contributed by atoms with Gasteiger partial charge < -0.3 is 10.4 Å². The lowest BCUT2D eigenvalue weighted by atomic mass is 10.2. The van der Waals surface area contributed by atoms with Gasteiger partial charge in [-0.3, -0.25) is 4.79 Å². The van der Waals surface area contributed by atoms with Gasteiger partial charge in [-0.05, 0) is 6.42 Å². The van der Waals surface area contributed by atoms with Crippen molar-refractivity contribution in [3.05, 3.63) is 11.9 Å². The molecule has 1 unspecified atom stereocenters. The predicted molar refractivity (Wildman–Crippen MR) is 62.7 cm³/mol. The number of nitrogens with zero attached hydrogens (tertiary/aromatic N) is 3. The van der Waals surface area contributed by atoms with E-state index in [4.69, 9.17) is 11.5 Å². The molecule has 1 amide bonds. The molecule has 7 heteroatoms. The van der Waals surface area contributed by atoms with Crippen LogP contribution in [0.2, 0.25) is 0 Å². The van der Waals surface area contributed by atoms with E-state index in [1.165, 1.54) is 6.20 Å². The van der Waals surface area contributed by atoms with E-state index in [9.17, 15) is 9.59 Å². The van der Waals surface area contributed by atoms with Crippen molar-refractivity contribution in [2.45, 2.75) is 32.4 Å². The zero-order valence-electron chi connectivity index (χ0n) is 9.96. The number of hydrogen-bond donors (Lipinski definition) is 2. The van der Waals surface area contributed by atoms with E-state index in [0.717, 1.165) is 11.1 Å². The third kappa shape index (κ3) is 3.90. The van der Waals surface area contributed by atoms with Crippen LogP contribution in [0.5, 0.6) is 0 Å². The van der Waals surface area contributed by atoms with Gasteiger partial charge in [0.25, 0.3) is 0 Å². The Morgan fingerprint density at radius 2 is 2.39 bits per heavy atom. The van der Waals surface area contributed by atoms with Gasteiger partial charge in [-0.1, -0.05) is 24.5 Å². The number of hydrogen-bond acceptors (Lipinski definition) is 4. The molecule has 1 atom stereocenters. The van der Waals surface area contributed by atoms with Crippen molar-refractivity contribution >= 4 is 11.9 Å². The molecule has 1 aromatic heterocycles. The number of aromatic nitrogens is 3. The fourth-order valence-electron chi connectivity index (χ4n) is 1.35. The van der Waals surface area contributed by atoms with Crippen molar-refractivity contribution in [1.82, 2.24) is 20.3 Å². The second-order valence-corrected chi connectivity index (χ2v) is 3.68. The molecule has 0 saturated carbocycles. The highest BCUT2D eigenvalue weighted by atomic mass is 16.4. The smallest absolute Gasteiger partial charge is 0.358 e. The third-order valence-electron chi connectivity index (χ3n) is 2.18. The normalized spacial score (nSPS) is 11.6. The standard InChI is InChI=1S/C11H14N4O3/c1-3-5-8(4-2)12-10(16)7-15-6-9(11(17)18)13-14-15/h2,6,8H,3,5,7H2,1H3,(H,12,16)(H,17,18). The molecule has 1 heterocycles. The molecule has 96 valence electrons. The Morgan fingerprint density at radius 1 is 1.67 bits per heavy atom. The maximum Gasteiger partial charge on any atom is 0.358 e. The topological polar surface area (TPSA) is 97.1 Å². The van der Waals surface area contributed by atoms with Crippen LogP contribution in [0, 0.1) is 12.3 Å². The van der Waals surface area contributed by atoms with Gasteiger partial charge in [0.05, 0.1) is 12.2 Å². The average molecular weight is 250 g/mol. The van der Waals surface area contributed by atoms with Crippen LogP contribution in [-0.4, -0.2) is 38.0 Å². The predicted octanol–water partition coefficient (Wildman–Crippen LogP) is -0.106. The van der Waals surface area contributed by atoms with Crippen molar-refractivity contribution in [3.63, 3.8) is 0 Å². The van der Waals surface area contributed by atoms with Gasteiger partial charge in [-0.25, -0.2) is 9.48 Å². The minimum Gasteiger partial charge on any atom is -0.476 e. The van der Waals surface area contributed by atoms with E-state index >= 15 is 0 Å². The van der Waals surface area contributed by atoms with E-state index in [2.05, 4.69) is 21.5 Å². The maximum absolute atomic E-state index is 11.6. The van der Waals surface area contributed by atoms with Crippen LogP contribution in [0.4, 0.5) is 0 Å². The molecule has 0 bridgehead atoms. The van der Waals surface area contributed by atoms with Gasteiger partial charge in [-0.2, -0.15) is 0 Å². The van der Waals surface area contributed by atoms with Gasteiger partial charge in [0.1, 0.15) is 6.54 Å². The summed E-state index contributed by atoms with van der Waals surface area (Å²) in [4.78, 5) is 22.2. The summed E-state index contributed by atoms with van der Waals surface area (Å²) in [6, 6.07) is -0.315. The lowest BCUT2D eigenvalue weighted by Gasteiger charge is -2.11. The summed E-state index contributed by atoms with van der Waals surface area (Å²) in [7, 11) is 0. The monoisotopic (exact) mass is 250 g/mol. The highest BCUT2D eigenvalue weighted by Gasteiger charge is 2.12. The zero-order valence-corrected chi connectivity index (χ0v) is 9.96. The maximum atomic E-state index is 11.6. The lowest BCUT2D eigenvalue weighted by Crippen LogP contribution is -2.36. The Labute approximate surface area is 104 Å². The fourth-order valence-corrected chi connectivity index (χ4v) is 1.35. The number of aromatic carboxylic acids is 1. The highest BCUT2D eigenvalue weighted by molar-refractivity contribution is 5.84. The minimum atomic E-state index is -1.19. The molecule has 0 fully saturated rings. The van der Waals surface area contributed by atoms with E-state index in [1.807, 2.05) is 6.92 Å². The van der Waals surface area contributed by atoms with Gasteiger partial charge in [0.2, 0.25) is 5.91 Å². The van der Waals surface area contributed by atoms with Crippen LogP contribution in [0.3, 0.4) is 0 Å². The molecule has 0 aromatic carbocycles. The Bertz CT molecular complexity index is 475. The van der Waals surface area contributed by atoms with Crippen LogP contribution < -0.4 is 5.32 Å². The van der Waals surface area contributed by atoms with E-state index in [-0.39, 0.29) is 24.2 Å². The van der Waals surface area contributed by atoms with Gasteiger partial charge in [-0.15, -0.1) is 11.5 Å². The first-order valence-corrected chi connectivity index (χ1v) is 5.45. The molecule has 0 aliphatic rings. The number of carboxylic acid groups (broad SMARTS) is 1. The van der Waals surface area contributed by atoms with Crippen molar-refractivity contribution in [2.75, 3.05) is 0 Å². The molecule has 0 aliphatic heterocycles. The summed E-state index contributed by atoms with van der Waals surface area (Å²) in [5.41, 5.74) is -0.204. The first kappa shape index (κ1) is 13.7. The molecule has 0 aliphatic carbocycles. The third-order valence-corrected chi connectivity index (χ3v) is 2.18. The van der Waals surface area contributed by atoms with Gasteiger partial charge >= 0.3 is 5.97 Å². The Kier molecular flexibility index (Phi) is 4.87. The van der Waals surface area contributed by atoms with Crippen LogP contribution in [-0.2, 0) is 11.3 Å². The summed E-state index contributed by atoms with van der Waals surface area (Å²) >= 11 is 0. The van der Waals surface area contributed by atoms with Crippen molar-refractivity contribution in [3.8, 4) is 12.3 Å². The number of carboxylic acids is 1. The first-order chi connectivity index (χ1) is 8.56. The zero-order chi connectivity index (χ0) is 13.5. The first-order valence-electron chi connectivity index (χ1n) is 5.45. The van der Waals surface area contributed by atoms with Crippen LogP contribution >= 0.6 is 0 Å². The van der Waals surface area contributed by atoms with Crippen molar-refractivity contribution in [1.29, 1.82) is 0 Å². The molecule has 1 rings (SSSR count). The number of amides is 1. The largest absolute Gasteiger partial charge is 0.476 e. The van der Waals surface area contributed by atoms with Gasteiger partial charge in [0, 0.05) is 0 Å². The minimum absolute atomic E-state index is 0.109. The van der Waals surface area contributed by atoms with E-state index in [1.54, 1.807) is 0 Å². The summed E-state index contributed by atoms with van der Waals surface area (Å²) in [5, 5.41) is 18.2. The number of carbonyl (C=O) groups is 2. The molecule has 0 spiro atoms. The number of nitrogens with one attached hydrogen (secondary N) is 1. The Morgan fingerprint density at radius 3 is 2.89 bits per heavy atom. The SMILES string of the molecule is C#CC(CCC)NC(=O)Cn1cc(C(=O)O)nn1. The van der Waals surface area contributed by atoms with Gasteiger partial charge in [0.15, 0.2) is 5.69 Å². The quantitative estimate of drug-likeness (QED) is 0.687. The summed E-state index contributed by atoms with van der Waals surface area (Å²) in [6.45, 7) is 1.86. The lowest BCUT2D eigenvalue weighted by molar-refractivity contribution is -0.122. The van der Waals surface area contributed by atoms with E-state index < -0.39 is 5.97 Å². The molecule has 0 radical (unpaired) electrons. The molecule has 1 aromatic rings. The van der Waals surface area contributed by atoms with Crippen LogP contribution in [0.1, 0.15) is 30.3 Å². The average Bonchev–Trinajstić information content (AvgIpc) is 2.77. The van der Waals surface area contributed by atoms with Crippen molar-refractivity contribution in [2.24, 2.45) is 0 Å². The fraction of sp³-hybridized carbons (Fsp3) is 0.455. The summed E-state index contributed by atoms with van der Waals surface area (Å²) in [5.74, 6) is 0.960. The Hall–Kier alpha value is -2.36. The molecule has 0 saturated heterocycles. The number of rotatable bonds is 6. The second kappa shape index (κ2) is 6.39. The van der Waals surface area contributed by atoms with Crippen molar-refractivity contribution < 1.29 is 14.7 Å². The molecular formula is C11H14N4O3. The van der Waals surface area contributed by atoms with Crippen LogP contribution in [0.25, 0.3) is 0 Å². The van der Waals surface area contributed by atoms with Crippen LogP contribution in [0.15, 0.2) is 6.20 Å². The summed E-state index contributed by atoms with van der Waals surface area (Å²) in [6.07, 6.45) is 8.01. The molecule has 2 N–H and O–H groups in total. The molecular weight excluding hydrogens is 236 g/mol. The summed E-state index contributed by atoms with van der Waals surface area (Å²) < 4.78 is 1.15. The number of terminal acetylenes is 1. The highest BCUT2D eigenvalue weighted by Crippen LogP contribution is 1.96. The Balaban J connectivity index is 2.53. The molecule has 18 heavy (non-hydrogen) atoms. The second-order valence-electron chi connectivity index (χ2n) is 3.68. The molecule has 7 nitrogen and oxygen atoms in total. The van der Waals surface area contributed by atoms with E-state index in [0.29, 0.717) is 6.42 Å².